The summed E-state index contributed by atoms with van der Waals surface area (Å²) in [5, 5.41) is 4.10. The van der Waals surface area contributed by atoms with Gasteiger partial charge >= 0.3 is 0 Å². The largest absolute Gasteiger partial charge is 0.275 e. The minimum Gasteiger partial charge on any atom is -0.275 e. The number of hydrogen-bond acceptors (Lipinski definition) is 2. The molecule has 4 nitrogen and oxygen atoms in total. The third-order valence-corrected chi connectivity index (χ3v) is 2.88. The molecular formula is C9H15N3OS. The van der Waals surface area contributed by atoms with E-state index in [1.165, 1.54) is 0 Å². The maximum atomic E-state index is 11.5. The third-order valence-electron chi connectivity index (χ3n) is 1.54. The molecule has 0 aromatic carbocycles. The van der Waals surface area contributed by atoms with Crippen LogP contribution >= 0.6 is 0 Å². The van der Waals surface area contributed by atoms with Crippen molar-refractivity contribution in [3.8, 4) is 0 Å². The molecule has 0 unspecified atom stereocenters. The molecule has 1 rings (SSSR count). The fourth-order valence-corrected chi connectivity index (χ4v) is 1.28. The topological polar surface area (TPSA) is 47.2 Å². The Morgan fingerprint density at radius 1 is 1.57 bits per heavy atom. The van der Waals surface area contributed by atoms with E-state index in [1.807, 2.05) is 40.1 Å². The molecule has 1 aromatic rings. The van der Waals surface area contributed by atoms with Crippen LogP contribution in [0.5, 0.6) is 0 Å². The Hall–Kier alpha value is -0.970. The maximum absolute atomic E-state index is 11.5. The highest BCUT2D eigenvalue weighted by molar-refractivity contribution is 7.85. The molecule has 1 aromatic heterocycles. The van der Waals surface area contributed by atoms with Crippen molar-refractivity contribution in [2.45, 2.75) is 25.5 Å². The lowest BCUT2D eigenvalue weighted by Crippen LogP contribution is -2.19. The van der Waals surface area contributed by atoms with Gasteiger partial charge in [-0.05, 0) is 26.8 Å². The average Bonchev–Trinajstić information content (AvgIpc) is 2.45. The second-order valence-electron chi connectivity index (χ2n) is 4.01. The van der Waals surface area contributed by atoms with E-state index in [1.54, 1.807) is 10.9 Å². The normalized spacial score (nSPS) is 14.9. The lowest BCUT2D eigenvalue weighted by molar-refractivity contribution is 0.651. The van der Waals surface area contributed by atoms with Crippen molar-refractivity contribution in [3.63, 3.8) is 0 Å². The molecule has 0 bridgehead atoms. The average molecular weight is 213 g/mol. The van der Waals surface area contributed by atoms with Gasteiger partial charge in [0.05, 0.1) is 11.0 Å². The van der Waals surface area contributed by atoms with Crippen molar-refractivity contribution in [1.29, 1.82) is 0 Å². The van der Waals surface area contributed by atoms with Crippen molar-refractivity contribution in [2.24, 2.45) is 11.4 Å². The lowest BCUT2D eigenvalue weighted by Gasteiger charge is -2.12. The molecule has 1 heterocycles. The van der Waals surface area contributed by atoms with Crippen LogP contribution in [0, 0.1) is 0 Å². The quantitative estimate of drug-likeness (QED) is 0.695. The molecule has 0 amide bonds. The first kappa shape index (κ1) is 11.1. The highest BCUT2D eigenvalue weighted by Gasteiger charge is 2.18. The summed E-state index contributed by atoms with van der Waals surface area (Å²) in [5.74, 6) is 0. The first-order chi connectivity index (χ1) is 6.39. The minimum atomic E-state index is -1.21. The second kappa shape index (κ2) is 4.04. The van der Waals surface area contributed by atoms with Crippen LogP contribution < -0.4 is 0 Å². The summed E-state index contributed by atoms with van der Waals surface area (Å²) in [6, 6.07) is 1.82. The van der Waals surface area contributed by atoms with Gasteiger partial charge in [-0.2, -0.15) is 9.50 Å². The maximum Gasteiger partial charge on any atom is 0.144 e. The molecular weight excluding hydrogens is 198 g/mol. The summed E-state index contributed by atoms with van der Waals surface area (Å²) in [7, 11) is 0.623. The van der Waals surface area contributed by atoms with Gasteiger partial charge in [-0.3, -0.25) is 4.68 Å². The predicted octanol–water partition coefficient (Wildman–Crippen LogP) is 1.30. The summed E-state index contributed by atoms with van der Waals surface area (Å²) in [6.07, 6.45) is 3.36. The van der Waals surface area contributed by atoms with Crippen molar-refractivity contribution in [1.82, 2.24) is 9.78 Å². The molecule has 0 fully saturated rings. The van der Waals surface area contributed by atoms with E-state index < -0.39 is 11.0 Å². The van der Waals surface area contributed by atoms with Gasteiger partial charge < -0.3 is 0 Å². The number of rotatable bonds is 2. The summed E-state index contributed by atoms with van der Waals surface area (Å²) in [4.78, 5) is 0. The van der Waals surface area contributed by atoms with E-state index in [0.717, 1.165) is 5.69 Å². The van der Waals surface area contributed by atoms with Crippen LogP contribution in [0.2, 0.25) is 0 Å². The van der Waals surface area contributed by atoms with E-state index in [9.17, 15) is 4.21 Å². The van der Waals surface area contributed by atoms with Crippen LogP contribution in [0.15, 0.2) is 16.7 Å². The molecule has 0 aliphatic rings. The molecule has 78 valence electrons. The summed E-state index contributed by atoms with van der Waals surface area (Å²) in [6.45, 7) is 5.66. The van der Waals surface area contributed by atoms with Crippen LogP contribution in [0.3, 0.4) is 0 Å². The molecule has 5 heteroatoms. The molecule has 0 aliphatic carbocycles. The van der Waals surface area contributed by atoms with E-state index in [4.69, 9.17) is 0 Å². The number of aromatic nitrogens is 2. The molecule has 0 spiro atoms. The first-order valence-electron chi connectivity index (χ1n) is 4.35. The summed E-state index contributed by atoms with van der Waals surface area (Å²) in [5.41, 5.74) is 0.727. The smallest absolute Gasteiger partial charge is 0.144 e. The Balaban J connectivity index is 2.70. The number of aryl methyl sites for hydroxylation is 1. The standard InChI is InChI=1S/C9H15N3OS/c1-9(2,3)14(13)10-7-8-5-6-12(4)11-8/h5-7H,1-4H3/t14-/m1/s1. The van der Waals surface area contributed by atoms with Crippen molar-refractivity contribution >= 4 is 17.2 Å². The molecule has 0 N–H and O–H groups in total. The van der Waals surface area contributed by atoms with E-state index in [2.05, 4.69) is 9.50 Å². The van der Waals surface area contributed by atoms with Gasteiger partial charge in [0.1, 0.15) is 16.7 Å². The summed E-state index contributed by atoms with van der Waals surface area (Å²) >= 11 is 0. The van der Waals surface area contributed by atoms with Gasteiger partial charge in [-0.15, -0.1) is 0 Å². The third kappa shape index (κ3) is 3.06. The van der Waals surface area contributed by atoms with Gasteiger partial charge in [0.15, 0.2) is 0 Å². The Morgan fingerprint density at radius 2 is 2.21 bits per heavy atom. The van der Waals surface area contributed by atoms with Crippen molar-refractivity contribution in [3.05, 3.63) is 18.0 Å². The molecule has 0 aliphatic heterocycles. The van der Waals surface area contributed by atoms with E-state index >= 15 is 0 Å². The second-order valence-corrected chi connectivity index (χ2v) is 5.94. The Morgan fingerprint density at radius 3 is 2.64 bits per heavy atom. The van der Waals surface area contributed by atoms with Crippen LogP contribution in [-0.4, -0.2) is 25.0 Å². The summed E-state index contributed by atoms with van der Waals surface area (Å²) < 4.78 is 16.8. The first-order valence-corrected chi connectivity index (χ1v) is 5.46. The van der Waals surface area contributed by atoms with Crippen molar-refractivity contribution < 1.29 is 4.21 Å². The van der Waals surface area contributed by atoms with Gasteiger partial charge in [0.2, 0.25) is 0 Å². The number of nitrogens with zero attached hydrogens (tertiary/aromatic N) is 3. The number of hydrogen-bond donors (Lipinski definition) is 0. The SMILES string of the molecule is Cn1ccc(C=N[S@](=O)C(C)(C)C)n1. The van der Waals surface area contributed by atoms with E-state index in [0.29, 0.717) is 0 Å². The Kier molecular flexibility index (Phi) is 3.21. The fraction of sp³-hybridized carbons (Fsp3) is 0.556. The lowest BCUT2D eigenvalue weighted by atomic mass is 10.3. The van der Waals surface area contributed by atoms with Crippen molar-refractivity contribution in [2.75, 3.05) is 0 Å². The van der Waals surface area contributed by atoms with Crippen LogP contribution in [-0.2, 0) is 18.0 Å². The zero-order valence-corrected chi connectivity index (χ0v) is 9.71. The van der Waals surface area contributed by atoms with Gasteiger partial charge in [0, 0.05) is 13.2 Å². The van der Waals surface area contributed by atoms with Crippen LogP contribution in [0.4, 0.5) is 0 Å². The zero-order valence-electron chi connectivity index (χ0n) is 8.89. The molecule has 0 radical (unpaired) electrons. The molecule has 0 saturated heterocycles. The van der Waals surface area contributed by atoms with E-state index in [-0.39, 0.29) is 4.75 Å². The molecule has 14 heavy (non-hydrogen) atoms. The van der Waals surface area contributed by atoms with Crippen LogP contribution in [0.1, 0.15) is 26.5 Å². The van der Waals surface area contributed by atoms with Gasteiger partial charge in [-0.25, -0.2) is 4.21 Å². The van der Waals surface area contributed by atoms with Gasteiger partial charge in [0.25, 0.3) is 0 Å². The Bertz CT molecular complexity index is 362. The predicted molar refractivity (Wildman–Crippen MR) is 58.7 cm³/mol. The fourth-order valence-electron chi connectivity index (χ4n) is 0.762. The highest BCUT2D eigenvalue weighted by Crippen LogP contribution is 2.11. The van der Waals surface area contributed by atoms with Crippen LogP contribution in [0.25, 0.3) is 0 Å². The minimum absolute atomic E-state index is 0.314. The monoisotopic (exact) mass is 213 g/mol. The molecule has 1 atom stereocenters. The zero-order chi connectivity index (χ0) is 10.8. The Labute approximate surface area is 86.6 Å². The van der Waals surface area contributed by atoms with Gasteiger partial charge in [-0.1, -0.05) is 0 Å². The highest BCUT2D eigenvalue weighted by atomic mass is 32.2. The molecule has 0 saturated carbocycles.